The van der Waals surface area contributed by atoms with Crippen LogP contribution in [0.3, 0.4) is 0 Å². The first kappa shape index (κ1) is 13.5. The normalized spacial score (nSPS) is 21.1. The van der Waals surface area contributed by atoms with Crippen LogP contribution >= 0.6 is 0 Å². The Bertz CT molecular complexity index is 725. The quantitative estimate of drug-likeness (QED) is 0.903. The molecular weight excluding hydrogens is 274 g/mol. The molecule has 0 aliphatic carbocycles. The fourth-order valence-electron chi connectivity index (χ4n) is 2.55. The third-order valence-corrected chi connectivity index (χ3v) is 5.48. The SMILES string of the molecule is C[C@H]1CN(S(=O)(=O)c2cccc3ncccc23)CCN1. The molecule has 20 heavy (non-hydrogen) atoms. The summed E-state index contributed by atoms with van der Waals surface area (Å²) in [6.45, 7) is 3.68. The van der Waals surface area contributed by atoms with Crippen LogP contribution in [0, 0.1) is 0 Å². The largest absolute Gasteiger partial charge is 0.312 e. The van der Waals surface area contributed by atoms with Crippen LogP contribution < -0.4 is 5.32 Å². The lowest BCUT2D eigenvalue weighted by atomic mass is 10.2. The summed E-state index contributed by atoms with van der Waals surface area (Å²) in [6, 6.07) is 8.98. The fraction of sp³-hybridized carbons (Fsp3) is 0.357. The van der Waals surface area contributed by atoms with Crippen molar-refractivity contribution in [1.82, 2.24) is 14.6 Å². The Kier molecular flexibility index (Phi) is 3.45. The minimum absolute atomic E-state index is 0.173. The van der Waals surface area contributed by atoms with Gasteiger partial charge in [-0.1, -0.05) is 6.07 Å². The molecule has 106 valence electrons. The number of rotatable bonds is 2. The van der Waals surface area contributed by atoms with Gasteiger partial charge < -0.3 is 5.32 Å². The average Bonchev–Trinajstić information content (AvgIpc) is 2.46. The van der Waals surface area contributed by atoms with Crippen LogP contribution in [0.5, 0.6) is 0 Å². The standard InChI is InChI=1S/C14H17N3O2S/c1-11-10-17(9-8-15-11)20(18,19)14-6-2-5-13-12(14)4-3-7-16-13/h2-7,11,15H,8-10H2,1H3/t11-/m0/s1. The molecule has 0 radical (unpaired) electrons. The van der Waals surface area contributed by atoms with E-state index in [0.717, 1.165) is 0 Å². The van der Waals surface area contributed by atoms with Crippen molar-refractivity contribution in [2.45, 2.75) is 17.9 Å². The molecular formula is C14H17N3O2S. The fourth-order valence-corrected chi connectivity index (χ4v) is 4.29. The lowest BCUT2D eigenvalue weighted by molar-refractivity contribution is 0.310. The highest BCUT2D eigenvalue weighted by atomic mass is 32.2. The zero-order valence-corrected chi connectivity index (χ0v) is 12.1. The van der Waals surface area contributed by atoms with Crippen molar-refractivity contribution < 1.29 is 8.42 Å². The lowest BCUT2D eigenvalue weighted by Gasteiger charge is -2.31. The van der Waals surface area contributed by atoms with Gasteiger partial charge in [0.15, 0.2) is 0 Å². The molecule has 1 aliphatic rings. The summed E-state index contributed by atoms with van der Waals surface area (Å²) in [5.74, 6) is 0. The number of nitrogens with one attached hydrogen (secondary N) is 1. The van der Waals surface area contributed by atoms with Gasteiger partial charge in [-0.25, -0.2) is 8.42 Å². The molecule has 5 nitrogen and oxygen atoms in total. The Labute approximate surface area is 118 Å². The van der Waals surface area contributed by atoms with Crippen LogP contribution in [-0.4, -0.2) is 43.4 Å². The molecule has 1 aromatic carbocycles. The second kappa shape index (κ2) is 5.12. The Hall–Kier alpha value is -1.50. The maximum absolute atomic E-state index is 12.8. The zero-order valence-electron chi connectivity index (χ0n) is 11.3. The average molecular weight is 291 g/mol. The van der Waals surface area contributed by atoms with Gasteiger partial charge in [-0.05, 0) is 31.2 Å². The van der Waals surface area contributed by atoms with E-state index < -0.39 is 10.0 Å². The van der Waals surface area contributed by atoms with Crippen molar-refractivity contribution in [2.75, 3.05) is 19.6 Å². The highest BCUT2D eigenvalue weighted by molar-refractivity contribution is 7.89. The van der Waals surface area contributed by atoms with Crippen molar-refractivity contribution in [2.24, 2.45) is 0 Å². The number of pyridine rings is 1. The van der Waals surface area contributed by atoms with Gasteiger partial charge in [0.1, 0.15) is 0 Å². The monoisotopic (exact) mass is 291 g/mol. The molecule has 6 heteroatoms. The minimum atomic E-state index is -3.47. The molecule has 1 atom stereocenters. The molecule has 0 bridgehead atoms. The number of sulfonamides is 1. The molecule has 3 rings (SSSR count). The van der Waals surface area contributed by atoms with E-state index in [9.17, 15) is 8.42 Å². The lowest BCUT2D eigenvalue weighted by Crippen LogP contribution is -2.51. The summed E-state index contributed by atoms with van der Waals surface area (Å²) in [6.07, 6.45) is 1.67. The van der Waals surface area contributed by atoms with E-state index in [4.69, 9.17) is 0 Å². The summed E-state index contributed by atoms with van der Waals surface area (Å²) in [7, 11) is -3.47. The van der Waals surface area contributed by atoms with Crippen molar-refractivity contribution in [3.8, 4) is 0 Å². The highest BCUT2D eigenvalue weighted by Gasteiger charge is 2.29. The predicted octanol–water partition coefficient (Wildman–Crippen LogP) is 1.22. The molecule has 0 spiro atoms. The number of nitrogens with zero attached hydrogens (tertiary/aromatic N) is 2. The molecule has 1 fully saturated rings. The summed E-state index contributed by atoms with van der Waals surface area (Å²) >= 11 is 0. The summed E-state index contributed by atoms with van der Waals surface area (Å²) in [5, 5.41) is 3.94. The minimum Gasteiger partial charge on any atom is -0.312 e. The van der Waals surface area contributed by atoms with Crippen molar-refractivity contribution >= 4 is 20.9 Å². The first-order valence-corrected chi connectivity index (χ1v) is 8.10. The number of hydrogen-bond donors (Lipinski definition) is 1. The van der Waals surface area contributed by atoms with E-state index in [1.165, 1.54) is 0 Å². The van der Waals surface area contributed by atoms with Crippen LogP contribution in [0.2, 0.25) is 0 Å². The molecule has 1 aromatic heterocycles. The van der Waals surface area contributed by atoms with E-state index in [-0.39, 0.29) is 6.04 Å². The van der Waals surface area contributed by atoms with Gasteiger partial charge in [-0.2, -0.15) is 4.31 Å². The maximum atomic E-state index is 12.8. The van der Waals surface area contributed by atoms with Gasteiger partial charge >= 0.3 is 0 Å². The molecule has 1 aliphatic heterocycles. The Morgan fingerprint density at radius 3 is 2.95 bits per heavy atom. The van der Waals surface area contributed by atoms with Gasteiger partial charge in [0.05, 0.1) is 10.4 Å². The van der Waals surface area contributed by atoms with Crippen LogP contribution in [0.15, 0.2) is 41.4 Å². The number of benzene rings is 1. The zero-order chi connectivity index (χ0) is 14.2. The second-order valence-electron chi connectivity index (χ2n) is 5.04. The number of fused-ring (bicyclic) bond motifs is 1. The molecule has 0 amide bonds. The van der Waals surface area contributed by atoms with E-state index in [1.54, 1.807) is 34.8 Å². The molecule has 0 saturated carbocycles. The number of hydrogen-bond acceptors (Lipinski definition) is 4. The smallest absolute Gasteiger partial charge is 0.243 e. The van der Waals surface area contributed by atoms with Crippen molar-refractivity contribution in [3.05, 3.63) is 36.5 Å². The summed E-state index contributed by atoms with van der Waals surface area (Å²) in [5.41, 5.74) is 0.705. The Balaban J connectivity index is 2.09. The first-order chi connectivity index (χ1) is 9.59. The first-order valence-electron chi connectivity index (χ1n) is 6.66. The topological polar surface area (TPSA) is 62.3 Å². The van der Waals surface area contributed by atoms with Crippen LogP contribution in [-0.2, 0) is 10.0 Å². The van der Waals surface area contributed by atoms with E-state index in [2.05, 4.69) is 10.3 Å². The highest BCUT2D eigenvalue weighted by Crippen LogP contribution is 2.25. The third-order valence-electron chi connectivity index (χ3n) is 3.56. The van der Waals surface area contributed by atoms with Gasteiger partial charge in [-0.15, -0.1) is 0 Å². The second-order valence-corrected chi connectivity index (χ2v) is 6.95. The van der Waals surface area contributed by atoms with Gasteiger partial charge in [0.25, 0.3) is 0 Å². The van der Waals surface area contributed by atoms with Crippen molar-refractivity contribution in [1.29, 1.82) is 0 Å². The maximum Gasteiger partial charge on any atom is 0.243 e. The Morgan fingerprint density at radius 2 is 2.15 bits per heavy atom. The molecule has 2 aromatic rings. The van der Waals surface area contributed by atoms with E-state index in [1.807, 2.05) is 13.0 Å². The third kappa shape index (κ3) is 2.30. The number of aromatic nitrogens is 1. The Morgan fingerprint density at radius 1 is 1.30 bits per heavy atom. The van der Waals surface area contributed by atoms with Crippen LogP contribution in [0.4, 0.5) is 0 Å². The molecule has 0 unspecified atom stereocenters. The summed E-state index contributed by atoms with van der Waals surface area (Å²) < 4.78 is 27.2. The van der Waals surface area contributed by atoms with Crippen LogP contribution in [0.1, 0.15) is 6.92 Å². The predicted molar refractivity (Wildman–Crippen MR) is 78.0 cm³/mol. The van der Waals surface area contributed by atoms with E-state index >= 15 is 0 Å². The van der Waals surface area contributed by atoms with Gasteiger partial charge in [0.2, 0.25) is 10.0 Å². The van der Waals surface area contributed by atoms with Crippen molar-refractivity contribution in [3.63, 3.8) is 0 Å². The summed E-state index contributed by atoms with van der Waals surface area (Å²) in [4.78, 5) is 4.56. The number of piperazine rings is 1. The van der Waals surface area contributed by atoms with Gasteiger partial charge in [0, 0.05) is 37.3 Å². The van der Waals surface area contributed by atoms with Gasteiger partial charge in [-0.3, -0.25) is 4.98 Å². The van der Waals surface area contributed by atoms with E-state index in [0.29, 0.717) is 35.4 Å². The molecule has 1 N–H and O–H groups in total. The molecule has 2 heterocycles. The molecule has 1 saturated heterocycles. The van der Waals surface area contributed by atoms with Crippen LogP contribution in [0.25, 0.3) is 10.9 Å².